The predicted molar refractivity (Wildman–Crippen MR) is 123 cm³/mol. The summed E-state index contributed by atoms with van der Waals surface area (Å²) in [5.74, 6) is 1.60. The lowest BCUT2D eigenvalue weighted by molar-refractivity contribution is -0.125. The smallest absolute Gasteiger partial charge is 0.322 e. The summed E-state index contributed by atoms with van der Waals surface area (Å²) in [5, 5.41) is 8.55. The number of halogens is 1. The summed E-state index contributed by atoms with van der Waals surface area (Å²) in [4.78, 5) is 36.7. The number of carbonyl (C=O) groups is 2. The summed E-state index contributed by atoms with van der Waals surface area (Å²) in [7, 11) is 7.70. The van der Waals surface area contributed by atoms with Gasteiger partial charge < -0.3 is 25.0 Å². The summed E-state index contributed by atoms with van der Waals surface area (Å²) in [6.07, 6.45) is 3.48. The molecule has 3 heterocycles. The molecule has 29 heavy (non-hydrogen) atoms. The number of hydrogen-bond donors (Lipinski definition) is 3. The average molecular weight is 518 g/mol. The number of aromatic nitrogens is 2. The van der Waals surface area contributed by atoms with Crippen molar-refractivity contribution in [3.63, 3.8) is 0 Å². The number of guanidine groups is 1. The highest BCUT2D eigenvalue weighted by atomic mass is 127. The van der Waals surface area contributed by atoms with E-state index >= 15 is 0 Å². The minimum atomic E-state index is -0.822. The Bertz CT molecular complexity index is 785. The molecule has 2 aliphatic rings. The standard InChI is InChI=1S/C18H30N8O2.HI/c1-18(14(27)22-16(28)23-18)12-6-8-26(9-7-12)15(19-2)20-10-13-11-21-17(24(3)4)25(13)5;/h11-12H,6-10H2,1-5H3,(H,19,20)(H2,22,23,27,28);1H. The van der Waals surface area contributed by atoms with E-state index in [4.69, 9.17) is 0 Å². The van der Waals surface area contributed by atoms with Crippen LogP contribution >= 0.6 is 24.0 Å². The molecule has 3 N–H and O–H groups in total. The van der Waals surface area contributed by atoms with Gasteiger partial charge in [0.25, 0.3) is 5.91 Å². The van der Waals surface area contributed by atoms with Crippen LogP contribution in [0, 0.1) is 5.92 Å². The highest BCUT2D eigenvalue weighted by Crippen LogP contribution is 2.30. The van der Waals surface area contributed by atoms with Crippen molar-refractivity contribution in [2.45, 2.75) is 31.8 Å². The fourth-order valence-electron chi connectivity index (χ4n) is 4.03. The lowest BCUT2D eigenvalue weighted by Gasteiger charge is -2.39. The second kappa shape index (κ2) is 9.18. The zero-order valence-corrected chi connectivity index (χ0v) is 20.0. The lowest BCUT2D eigenvalue weighted by Crippen LogP contribution is -2.55. The van der Waals surface area contributed by atoms with Crippen molar-refractivity contribution in [3.05, 3.63) is 11.9 Å². The molecule has 3 rings (SSSR count). The quantitative estimate of drug-likeness (QED) is 0.232. The molecule has 0 saturated carbocycles. The first-order chi connectivity index (χ1) is 13.3. The van der Waals surface area contributed by atoms with Gasteiger partial charge in [0.2, 0.25) is 5.95 Å². The van der Waals surface area contributed by atoms with Crippen LogP contribution in [0.2, 0.25) is 0 Å². The molecule has 11 heteroatoms. The van der Waals surface area contributed by atoms with Gasteiger partial charge in [-0.3, -0.25) is 15.1 Å². The van der Waals surface area contributed by atoms with Crippen molar-refractivity contribution < 1.29 is 9.59 Å². The molecule has 0 aliphatic carbocycles. The first kappa shape index (κ1) is 23.2. The average Bonchev–Trinajstić information content (AvgIpc) is 3.15. The van der Waals surface area contributed by atoms with Crippen LogP contribution in [-0.2, 0) is 18.4 Å². The Hall–Kier alpha value is -2.05. The van der Waals surface area contributed by atoms with E-state index in [9.17, 15) is 9.59 Å². The minimum Gasteiger partial charge on any atom is -0.351 e. The van der Waals surface area contributed by atoms with E-state index in [0.29, 0.717) is 6.54 Å². The fourth-order valence-corrected chi connectivity index (χ4v) is 4.03. The summed E-state index contributed by atoms with van der Waals surface area (Å²) in [6, 6.07) is -0.402. The highest BCUT2D eigenvalue weighted by Gasteiger charge is 2.48. The van der Waals surface area contributed by atoms with Crippen LogP contribution in [0.3, 0.4) is 0 Å². The molecular weight excluding hydrogens is 487 g/mol. The van der Waals surface area contributed by atoms with E-state index in [1.54, 1.807) is 7.05 Å². The van der Waals surface area contributed by atoms with E-state index in [1.165, 1.54) is 0 Å². The highest BCUT2D eigenvalue weighted by molar-refractivity contribution is 14.0. The summed E-state index contributed by atoms with van der Waals surface area (Å²) >= 11 is 0. The van der Waals surface area contributed by atoms with Crippen LogP contribution in [0.5, 0.6) is 0 Å². The molecule has 162 valence electrons. The van der Waals surface area contributed by atoms with Crippen LogP contribution in [0.1, 0.15) is 25.5 Å². The van der Waals surface area contributed by atoms with Gasteiger partial charge in [-0.25, -0.2) is 9.78 Å². The number of nitrogens with zero attached hydrogens (tertiary/aromatic N) is 5. The topological polar surface area (TPSA) is 107 Å². The number of imidazole rings is 1. The first-order valence-electron chi connectivity index (χ1n) is 9.53. The lowest BCUT2D eigenvalue weighted by atomic mass is 9.79. The molecule has 0 radical (unpaired) electrons. The van der Waals surface area contributed by atoms with Crippen molar-refractivity contribution in [1.29, 1.82) is 0 Å². The maximum absolute atomic E-state index is 12.2. The number of carbonyl (C=O) groups excluding carboxylic acids is 2. The minimum absolute atomic E-state index is 0. The monoisotopic (exact) mass is 518 g/mol. The van der Waals surface area contributed by atoms with Crippen LogP contribution in [0.15, 0.2) is 11.2 Å². The van der Waals surface area contributed by atoms with Gasteiger partial charge >= 0.3 is 6.03 Å². The van der Waals surface area contributed by atoms with Gasteiger partial charge in [0, 0.05) is 41.3 Å². The maximum atomic E-state index is 12.2. The summed E-state index contributed by atoms with van der Waals surface area (Å²) in [5.41, 5.74) is 0.245. The molecule has 10 nitrogen and oxygen atoms in total. The van der Waals surface area contributed by atoms with E-state index < -0.39 is 11.6 Å². The van der Waals surface area contributed by atoms with Gasteiger partial charge in [-0.15, -0.1) is 24.0 Å². The summed E-state index contributed by atoms with van der Waals surface area (Å²) in [6.45, 7) is 3.99. The second-order valence-electron chi connectivity index (χ2n) is 7.78. The third kappa shape index (κ3) is 4.59. The number of nitrogens with one attached hydrogen (secondary N) is 3. The van der Waals surface area contributed by atoms with Gasteiger partial charge in [-0.05, 0) is 25.7 Å². The molecule has 1 atom stereocenters. The number of amides is 3. The van der Waals surface area contributed by atoms with Crippen molar-refractivity contribution >= 4 is 47.8 Å². The number of aliphatic imine (C=N–C) groups is 1. The Morgan fingerprint density at radius 3 is 2.52 bits per heavy atom. The Morgan fingerprint density at radius 1 is 1.38 bits per heavy atom. The molecule has 2 aliphatic heterocycles. The van der Waals surface area contributed by atoms with Gasteiger partial charge in [0.1, 0.15) is 5.54 Å². The van der Waals surface area contributed by atoms with E-state index in [1.807, 2.05) is 39.2 Å². The molecule has 0 bridgehead atoms. The van der Waals surface area contributed by atoms with Gasteiger partial charge in [0.15, 0.2) is 5.96 Å². The van der Waals surface area contributed by atoms with E-state index in [2.05, 4.69) is 35.4 Å². The van der Waals surface area contributed by atoms with Crippen molar-refractivity contribution in [2.24, 2.45) is 18.0 Å². The van der Waals surface area contributed by atoms with Gasteiger partial charge in [0.05, 0.1) is 18.4 Å². The van der Waals surface area contributed by atoms with Crippen LogP contribution in [0.25, 0.3) is 0 Å². The van der Waals surface area contributed by atoms with Crippen molar-refractivity contribution in [2.75, 3.05) is 39.1 Å². The second-order valence-corrected chi connectivity index (χ2v) is 7.78. The number of rotatable bonds is 4. The van der Waals surface area contributed by atoms with Gasteiger partial charge in [-0.1, -0.05) is 0 Å². The van der Waals surface area contributed by atoms with E-state index in [-0.39, 0.29) is 35.8 Å². The molecule has 0 aromatic carbocycles. The molecule has 1 aromatic heterocycles. The van der Waals surface area contributed by atoms with Crippen LogP contribution < -0.4 is 20.9 Å². The molecule has 0 spiro atoms. The maximum Gasteiger partial charge on any atom is 0.322 e. The largest absolute Gasteiger partial charge is 0.351 e. The number of likely N-dealkylation sites (tertiary alicyclic amines) is 1. The molecule has 1 unspecified atom stereocenters. The Kier molecular flexibility index (Phi) is 7.35. The molecule has 2 fully saturated rings. The van der Waals surface area contributed by atoms with Crippen molar-refractivity contribution in [1.82, 2.24) is 30.4 Å². The molecule has 1 aromatic rings. The predicted octanol–water partition coefficient (Wildman–Crippen LogP) is 0.490. The third-order valence-corrected chi connectivity index (χ3v) is 5.78. The first-order valence-corrected chi connectivity index (χ1v) is 9.53. The van der Waals surface area contributed by atoms with E-state index in [0.717, 1.165) is 43.5 Å². The Balaban J connectivity index is 0.00000300. The van der Waals surface area contributed by atoms with Crippen LogP contribution in [-0.4, -0.2) is 72.1 Å². The third-order valence-electron chi connectivity index (χ3n) is 5.78. The number of anilines is 1. The number of imide groups is 1. The Labute approximate surface area is 188 Å². The zero-order valence-electron chi connectivity index (χ0n) is 17.7. The van der Waals surface area contributed by atoms with Gasteiger partial charge in [-0.2, -0.15) is 0 Å². The summed E-state index contributed by atoms with van der Waals surface area (Å²) < 4.78 is 2.05. The molecule has 2 saturated heterocycles. The number of piperidine rings is 1. The fraction of sp³-hybridized carbons (Fsp3) is 0.667. The number of hydrogen-bond acceptors (Lipinski definition) is 5. The normalized spacial score (nSPS) is 22.8. The molecular formula is C18H31IN8O2. The molecule has 3 amide bonds. The van der Waals surface area contributed by atoms with Crippen molar-refractivity contribution in [3.8, 4) is 0 Å². The number of urea groups is 1. The zero-order chi connectivity index (χ0) is 20.5. The van der Waals surface area contributed by atoms with Crippen LogP contribution in [0.4, 0.5) is 10.7 Å². The Morgan fingerprint density at radius 2 is 2.03 bits per heavy atom. The SMILES string of the molecule is CN=C(NCc1cnc(N(C)C)n1C)N1CCC(C2(C)NC(=O)NC2=O)CC1.I.